The number of amides is 2. The summed E-state index contributed by atoms with van der Waals surface area (Å²) in [5.41, 5.74) is 1.85. The Bertz CT molecular complexity index is 1030. The number of halogens is 2. The highest BCUT2D eigenvalue weighted by Gasteiger charge is 2.34. The number of methoxy groups -OCH3 is 1. The summed E-state index contributed by atoms with van der Waals surface area (Å²) in [4.78, 5) is 29.0. The molecule has 0 aliphatic carbocycles. The van der Waals surface area contributed by atoms with E-state index in [4.69, 9.17) is 4.74 Å². The number of carbonyl (C=O) groups excluding carboxylic acids is 2. The topological polar surface area (TPSA) is 73.9 Å². The van der Waals surface area contributed by atoms with Crippen molar-refractivity contribution < 1.29 is 23.1 Å². The van der Waals surface area contributed by atoms with Crippen molar-refractivity contribution in [1.29, 1.82) is 0 Å². The number of urea groups is 1. The largest absolute Gasteiger partial charge is 0.466 e. The molecule has 2 aromatic rings. The zero-order valence-corrected chi connectivity index (χ0v) is 17.6. The maximum absolute atomic E-state index is 14.1. The Balaban J connectivity index is 1.55. The number of benzene rings is 2. The molecular formula is C23H24F2N4O3. The number of carbonyl (C=O) groups is 2. The van der Waals surface area contributed by atoms with Gasteiger partial charge in [-0.25, -0.2) is 18.4 Å². The summed E-state index contributed by atoms with van der Waals surface area (Å²) in [6, 6.07) is 11.1. The maximum atomic E-state index is 14.1. The zero-order valence-electron chi connectivity index (χ0n) is 17.6. The number of anilines is 1. The van der Waals surface area contributed by atoms with E-state index in [1.54, 1.807) is 18.2 Å². The molecule has 0 unspecified atom stereocenters. The molecule has 168 valence electrons. The minimum atomic E-state index is -0.758. The number of para-hydroxylation sites is 1. The summed E-state index contributed by atoms with van der Waals surface area (Å²) < 4.78 is 32.5. The van der Waals surface area contributed by atoms with Crippen LogP contribution in [0.4, 0.5) is 19.3 Å². The Morgan fingerprint density at radius 3 is 2.41 bits per heavy atom. The number of ether oxygens (including phenoxy) is 1. The van der Waals surface area contributed by atoms with Crippen molar-refractivity contribution >= 4 is 17.7 Å². The van der Waals surface area contributed by atoms with E-state index in [0.717, 1.165) is 0 Å². The van der Waals surface area contributed by atoms with Gasteiger partial charge < -0.3 is 20.3 Å². The Morgan fingerprint density at radius 2 is 1.75 bits per heavy atom. The predicted molar refractivity (Wildman–Crippen MR) is 115 cm³/mol. The third-order valence-electron chi connectivity index (χ3n) is 5.71. The van der Waals surface area contributed by atoms with Gasteiger partial charge in [0.2, 0.25) is 0 Å². The van der Waals surface area contributed by atoms with Crippen molar-refractivity contribution in [2.45, 2.75) is 6.04 Å². The Hall–Kier alpha value is -3.46. The smallest absolute Gasteiger partial charge is 0.338 e. The lowest BCUT2D eigenvalue weighted by Gasteiger charge is -2.38. The molecule has 2 aromatic carbocycles. The summed E-state index contributed by atoms with van der Waals surface area (Å²) in [6.07, 6.45) is 0. The number of esters is 1. The molecule has 4 rings (SSSR count). The molecule has 1 saturated heterocycles. The molecule has 2 N–H and O–H groups in total. The van der Waals surface area contributed by atoms with Crippen molar-refractivity contribution in [1.82, 2.24) is 15.5 Å². The van der Waals surface area contributed by atoms with Crippen molar-refractivity contribution in [2.75, 3.05) is 44.7 Å². The molecule has 2 heterocycles. The number of hydrogen-bond donors (Lipinski definition) is 2. The van der Waals surface area contributed by atoms with Gasteiger partial charge in [0.25, 0.3) is 0 Å². The van der Waals surface area contributed by atoms with Crippen LogP contribution in [-0.2, 0) is 9.53 Å². The first-order valence-electron chi connectivity index (χ1n) is 10.3. The molecule has 0 aromatic heterocycles. The maximum Gasteiger partial charge on any atom is 0.338 e. The van der Waals surface area contributed by atoms with Gasteiger partial charge in [0.05, 0.1) is 24.4 Å². The highest BCUT2D eigenvalue weighted by atomic mass is 19.1. The summed E-state index contributed by atoms with van der Waals surface area (Å²) >= 11 is 0. The first-order chi connectivity index (χ1) is 15.5. The number of nitrogens with zero attached hydrogens (tertiary/aromatic N) is 2. The minimum absolute atomic E-state index is 0.260. The van der Waals surface area contributed by atoms with E-state index < -0.39 is 23.9 Å². The van der Waals surface area contributed by atoms with Crippen LogP contribution in [0.25, 0.3) is 0 Å². The highest BCUT2D eigenvalue weighted by Crippen LogP contribution is 2.28. The van der Waals surface area contributed by atoms with Crippen LogP contribution in [0, 0.1) is 11.6 Å². The van der Waals surface area contributed by atoms with Gasteiger partial charge in [0.1, 0.15) is 11.6 Å². The normalized spacial score (nSPS) is 19.4. The van der Waals surface area contributed by atoms with E-state index >= 15 is 0 Å². The van der Waals surface area contributed by atoms with E-state index in [9.17, 15) is 18.4 Å². The quantitative estimate of drug-likeness (QED) is 0.697. The van der Waals surface area contributed by atoms with E-state index in [0.29, 0.717) is 49.7 Å². The molecule has 0 spiro atoms. The molecule has 1 atom stereocenters. The van der Waals surface area contributed by atoms with Crippen LogP contribution in [0.15, 0.2) is 59.8 Å². The molecule has 0 bridgehead atoms. The lowest BCUT2D eigenvalue weighted by atomic mass is 9.95. The summed E-state index contributed by atoms with van der Waals surface area (Å²) in [7, 11) is 1.28. The third kappa shape index (κ3) is 4.57. The molecule has 32 heavy (non-hydrogen) atoms. The van der Waals surface area contributed by atoms with E-state index in [1.165, 1.54) is 37.4 Å². The van der Waals surface area contributed by atoms with E-state index in [2.05, 4.69) is 15.5 Å². The molecule has 7 nitrogen and oxygen atoms in total. The van der Waals surface area contributed by atoms with Crippen LogP contribution >= 0.6 is 0 Å². The Labute approximate surface area is 184 Å². The average molecular weight is 442 g/mol. The van der Waals surface area contributed by atoms with Gasteiger partial charge in [0, 0.05) is 38.4 Å². The average Bonchev–Trinajstić information content (AvgIpc) is 2.80. The van der Waals surface area contributed by atoms with Gasteiger partial charge in [-0.2, -0.15) is 0 Å². The van der Waals surface area contributed by atoms with Crippen LogP contribution < -0.4 is 15.5 Å². The minimum Gasteiger partial charge on any atom is -0.466 e. The molecular weight excluding hydrogens is 418 g/mol. The van der Waals surface area contributed by atoms with Crippen LogP contribution in [0.5, 0.6) is 0 Å². The van der Waals surface area contributed by atoms with Crippen LogP contribution in [-0.4, -0.2) is 56.7 Å². The van der Waals surface area contributed by atoms with Gasteiger partial charge in [-0.1, -0.05) is 24.3 Å². The van der Waals surface area contributed by atoms with Crippen LogP contribution in [0.2, 0.25) is 0 Å². The molecule has 1 fully saturated rings. The molecule has 0 radical (unpaired) electrons. The molecule has 2 amide bonds. The fraction of sp³-hybridized carbons (Fsp3) is 0.304. The fourth-order valence-electron chi connectivity index (χ4n) is 4.08. The van der Waals surface area contributed by atoms with Gasteiger partial charge >= 0.3 is 12.0 Å². The van der Waals surface area contributed by atoms with Crippen molar-refractivity contribution in [2.24, 2.45) is 0 Å². The Morgan fingerprint density at radius 1 is 1.06 bits per heavy atom. The SMILES string of the molecule is COC(=O)C1=C(CN2CCN(c3ccccc3F)CC2)NC(=O)N[C@H]1c1ccc(F)cc1. The second-order valence-electron chi connectivity index (χ2n) is 7.68. The molecule has 0 saturated carbocycles. The predicted octanol–water partition coefficient (Wildman–Crippen LogP) is 2.57. The lowest BCUT2D eigenvalue weighted by molar-refractivity contribution is -0.136. The van der Waals surface area contributed by atoms with Crippen molar-refractivity contribution in [3.05, 3.63) is 77.0 Å². The summed E-state index contributed by atoms with van der Waals surface area (Å²) in [6.45, 7) is 2.78. The Kier molecular flexibility index (Phi) is 6.36. The van der Waals surface area contributed by atoms with E-state index in [-0.39, 0.29) is 11.4 Å². The molecule has 9 heteroatoms. The van der Waals surface area contributed by atoms with Crippen molar-refractivity contribution in [3.8, 4) is 0 Å². The van der Waals surface area contributed by atoms with Crippen LogP contribution in [0.3, 0.4) is 0 Å². The van der Waals surface area contributed by atoms with E-state index in [1.807, 2.05) is 4.90 Å². The summed E-state index contributed by atoms with van der Waals surface area (Å²) in [5.74, 6) is -1.25. The summed E-state index contributed by atoms with van der Waals surface area (Å²) in [5, 5.41) is 5.45. The second-order valence-corrected chi connectivity index (χ2v) is 7.68. The third-order valence-corrected chi connectivity index (χ3v) is 5.71. The lowest BCUT2D eigenvalue weighted by Crippen LogP contribution is -2.51. The monoisotopic (exact) mass is 442 g/mol. The van der Waals surface area contributed by atoms with Gasteiger partial charge in [-0.3, -0.25) is 4.90 Å². The standard InChI is InChI=1S/C23H24F2N4O3/c1-32-22(30)20-18(26-23(31)27-21(20)15-6-8-16(24)9-7-15)14-28-10-12-29(13-11-28)19-5-3-2-4-17(19)25/h2-9,21H,10-14H2,1H3,(H2,26,27,31)/t21-/m0/s1. The molecule has 2 aliphatic rings. The van der Waals surface area contributed by atoms with Gasteiger partial charge in [0.15, 0.2) is 0 Å². The first kappa shape index (κ1) is 21.8. The highest BCUT2D eigenvalue weighted by molar-refractivity contribution is 5.95. The second kappa shape index (κ2) is 9.35. The van der Waals surface area contributed by atoms with Gasteiger partial charge in [-0.05, 0) is 29.8 Å². The first-order valence-corrected chi connectivity index (χ1v) is 10.3. The van der Waals surface area contributed by atoms with Crippen LogP contribution in [0.1, 0.15) is 11.6 Å². The number of nitrogens with one attached hydrogen (secondary N) is 2. The fourth-order valence-corrected chi connectivity index (χ4v) is 4.08. The number of rotatable bonds is 5. The zero-order chi connectivity index (χ0) is 22.7. The molecule has 2 aliphatic heterocycles. The number of piperazine rings is 1. The van der Waals surface area contributed by atoms with Gasteiger partial charge in [-0.15, -0.1) is 0 Å². The number of hydrogen-bond acceptors (Lipinski definition) is 5. The van der Waals surface area contributed by atoms with Crippen molar-refractivity contribution in [3.63, 3.8) is 0 Å².